The van der Waals surface area contributed by atoms with Gasteiger partial charge < -0.3 is 9.74 Å². The molecule has 0 bridgehead atoms. The van der Waals surface area contributed by atoms with Crippen LogP contribution in [0.3, 0.4) is 0 Å². The van der Waals surface area contributed by atoms with E-state index in [4.69, 9.17) is 4.43 Å². The van der Waals surface area contributed by atoms with Gasteiger partial charge in [-0.25, -0.2) is 0 Å². The first kappa shape index (κ1) is 13.5. The van der Waals surface area contributed by atoms with Crippen molar-refractivity contribution in [2.75, 3.05) is 6.61 Å². The second kappa shape index (κ2) is 4.71. The topological polar surface area (TPSA) is 38.3 Å². The Labute approximate surface area is 99.4 Å². The summed E-state index contributed by atoms with van der Waals surface area (Å²) in [6.07, 6.45) is 4.43. The Morgan fingerprint density at radius 1 is 1.50 bits per heavy atom. The lowest BCUT2D eigenvalue weighted by atomic mass is 10.2. The van der Waals surface area contributed by atoms with Crippen LogP contribution < -0.4 is 5.32 Å². The molecule has 1 rings (SSSR count). The molecule has 0 aliphatic carbocycles. The third-order valence-electron chi connectivity index (χ3n) is 3.45. The molecule has 1 atom stereocenters. The molecule has 0 aromatic heterocycles. The van der Waals surface area contributed by atoms with Crippen molar-refractivity contribution in [1.82, 2.24) is 5.32 Å². The summed E-state index contributed by atoms with van der Waals surface area (Å²) in [6, 6.07) is 0.0513. The highest BCUT2D eigenvalue weighted by Gasteiger charge is 2.37. The Hall–Kier alpha value is -0.613. The van der Waals surface area contributed by atoms with Crippen LogP contribution in [0.15, 0.2) is 12.2 Å². The normalized spacial score (nSPS) is 22.1. The fraction of sp³-hybridized carbons (Fsp3) is 0.750. The minimum absolute atomic E-state index is 0.0513. The van der Waals surface area contributed by atoms with E-state index in [1.807, 2.05) is 12.2 Å². The van der Waals surface area contributed by atoms with E-state index >= 15 is 0 Å². The van der Waals surface area contributed by atoms with Gasteiger partial charge in [0, 0.05) is 6.42 Å². The number of carbonyl (C=O) groups is 1. The molecule has 0 aromatic rings. The number of hydrogen-bond acceptors (Lipinski definition) is 2. The maximum atomic E-state index is 11.2. The van der Waals surface area contributed by atoms with Gasteiger partial charge in [0.05, 0.1) is 12.6 Å². The first-order chi connectivity index (χ1) is 7.22. The second-order valence-electron chi connectivity index (χ2n) is 5.88. The molecule has 16 heavy (non-hydrogen) atoms. The van der Waals surface area contributed by atoms with Gasteiger partial charge in [-0.3, -0.25) is 4.79 Å². The van der Waals surface area contributed by atoms with Crippen molar-refractivity contribution >= 4 is 14.2 Å². The molecule has 3 nitrogen and oxygen atoms in total. The highest BCUT2D eigenvalue weighted by Crippen LogP contribution is 2.36. The summed E-state index contributed by atoms with van der Waals surface area (Å²) >= 11 is 0. The average Bonchev–Trinajstić information content (AvgIpc) is 2.13. The standard InChI is InChI=1S/C12H23NO2Si/c1-12(2,3)16(4,5)15-9-10-7-6-8-11(14)13-10/h6-7,10H,8-9H2,1-5H3,(H,13,14)/t10-/m1/s1. The van der Waals surface area contributed by atoms with E-state index in [2.05, 4.69) is 39.2 Å². The van der Waals surface area contributed by atoms with Crippen LogP contribution in [0.1, 0.15) is 27.2 Å². The van der Waals surface area contributed by atoms with Crippen LogP contribution >= 0.6 is 0 Å². The molecule has 0 fully saturated rings. The van der Waals surface area contributed by atoms with Crippen molar-refractivity contribution in [3.8, 4) is 0 Å². The third kappa shape index (κ3) is 3.45. The number of amides is 1. The molecule has 0 spiro atoms. The smallest absolute Gasteiger partial charge is 0.224 e. The lowest BCUT2D eigenvalue weighted by Crippen LogP contribution is -2.46. The fourth-order valence-electron chi connectivity index (χ4n) is 1.27. The lowest BCUT2D eigenvalue weighted by Gasteiger charge is -2.37. The zero-order valence-electron chi connectivity index (χ0n) is 11.0. The lowest BCUT2D eigenvalue weighted by molar-refractivity contribution is -0.121. The van der Waals surface area contributed by atoms with Gasteiger partial charge in [0.25, 0.3) is 0 Å². The van der Waals surface area contributed by atoms with Crippen LogP contribution in [-0.2, 0) is 9.22 Å². The molecule has 1 aliphatic rings. The van der Waals surface area contributed by atoms with Crippen molar-refractivity contribution in [2.24, 2.45) is 0 Å². The minimum atomic E-state index is -1.70. The molecular formula is C12H23NO2Si. The Morgan fingerprint density at radius 2 is 2.12 bits per heavy atom. The maximum Gasteiger partial charge on any atom is 0.224 e. The highest BCUT2D eigenvalue weighted by molar-refractivity contribution is 6.74. The van der Waals surface area contributed by atoms with Gasteiger partial charge in [0.2, 0.25) is 5.91 Å². The maximum absolute atomic E-state index is 11.2. The van der Waals surface area contributed by atoms with Crippen LogP contribution in [0.2, 0.25) is 18.1 Å². The summed E-state index contributed by atoms with van der Waals surface area (Å²) in [5.74, 6) is 0.0892. The van der Waals surface area contributed by atoms with Gasteiger partial charge in [-0.05, 0) is 18.1 Å². The first-order valence-electron chi connectivity index (χ1n) is 5.82. The monoisotopic (exact) mass is 241 g/mol. The fourth-order valence-corrected chi connectivity index (χ4v) is 2.29. The summed E-state index contributed by atoms with van der Waals surface area (Å²) in [5.41, 5.74) is 0. The molecule has 1 heterocycles. The van der Waals surface area contributed by atoms with Gasteiger partial charge in [-0.2, -0.15) is 0 Å². The van der Waals surface area contributed by atoms with Crippen LogP contribution in [0.25, 0.3) is 0 Å². The summed E-state index contributed by atoms with van der Waals surface area (Å²) in [4.78, 5) is 11.2. The van der Waals surface area contributed by atoms with E-state index in [-0.39, 0.29) is 17.0 Å². The molecule has 92 valence electrons. The summed E-state index contributed by atoms with van der Waals surface area (Å²) in [6.45, 7) is 11.7. The third-order valence-corrected chi connectivity index (χ3v) is 7.95. The summed E-state index contributed by atoms with van der Waals surface area (Å²) in [7, 11) is -1.70. The van der Waals surface area contributed by atoms with Crippen molar-refractivity contribution in [1.29, 1.82) is 0 Å². The summed E-state index contributed by atoms with van der Waals surface area (Å²) < 4.78 is 6.05. The van der Waals surface area contributed by atoms with Crippen LogP contribution in [-0.4, -0.2) is 26.9 Å². The first-order valence-corrected chi connectivity index (χ1v) is 8.73. The molecule has 0 aromatic carbocycles. The molecule has 1 N–H and O–H groups in total. The van der Waals surface area contributed by atoms with Crippen molar-refractivity contribution in [2.45, 2.75) is 51.4 Å². The Balaban J connectivity index is 2.48. The van der Waals surface area contributed by atoms with Crippen LogP contribution in [0, 0.1) is 0 Å². The van der Waals surface area contributed by atoms with Crippen LogP contribution in [0.4, 0.5) is 0 Å². The number of rotatable bonds is 3. The van der Waals surface area contributed by atoms with Crippen LogP contribution in [0.5, 0.6) is 0 Å². The average molecular weight is 241 g/mol. The molecule has 1 aliphatic heterocycles. The van der Waals surface area contributed by atoms with E-state index in [1.54, 1.807) is 0 Å². The number of carbonyl (C=O) groups excluding carboxylic acids is 1. The SMILES string of the molecule is CC(C)(C)[Si](C)(C)OC[C@H]1C=CCC(=O)N1. The molecule has 4 heteroatoms. The molecular weight excluding hydrogens is 218 g/mol. The van der Waals surface area contributed by atoms with Gasteiger partial charge in [-0.1, -0.05) is 32.9 Å². The Morgan fingerprint density at radius 3 is 2.62 bits per heavy atom. The van der Waals surface area contributed by atoms with E-state index in [0.29, 0.717) is 13.0 Å². The quantitative estimate of drug-likeness (QED) is 0.609. The summed E-state index contributed by atoms with van der Waals surface area (Å²) in [5, 5.41) is 3.13. The van der Waals surface area contributed by atoms with Gasteiger partial charge in [0.1, 0.15) is 0 Å². The van der Waals surface area contributed by atoms with Crippen molar-refractivity contribution in [3.05, 3.63) is 12.2 Å². The van der Waals surface area contributed by atoms with Crippen molar-refractivity contribution < 1.29 is 9.22 Å². The van der Waals surface area contributed by atoms with E-state index in [1.165, 1.54) is 0 Å². The molecule has 0 unspecified atom stereocenters. The predicted octanol–water partition coefficient (Wildman–Crippen LogP) is 2.45. The van der Waals surface area contributed by atoms with E-state index in [9.17, 15) is 4.79 Å². The van der Waals surface area contributed by atoms with E-state index in [0.717, 1.165) is 0 Å². The minimum Gasteiger partial charge on any atom is -0.414 e. The van der Waals surface area contributed by atoms with Gasteiger partial charge in [-0.15, -0.1) is 0 Å². The van der Waals surface area contributed by atoms with Gasteiger partial charge in [0.15, 0.2) is 8.32 Å². The van der Waals surface area contributed by atoms with Gasteiger partial charge >= 0.3 is 0 Å². The number of nitrogens with one attached hydrogen (secondary N) is 1. The molecule has 0 saturated carbocycles. The molecule has 0 radical (unpaired) electrons. The Bertz CT molecular complexity index is 292. The Kier molecular flexibility index (Phi) is 3.96. The number of hydrogen-bond donors (Lipinski definition) is 1. The second-order valence-corrected chi connectivity index (χ2v) is 10.7. The largest absolute Gasteiger partial charge is 0.414 e. The molecule has 0 saturated heterocycles. The highest BCUT2D eigenvalue weighted by atomic mass is 28.4. The zero-order chi connectivity index (χ0) is 12.4. The predicted molar refractivity (Wildman–Crippen MR) is 68.8 cm³/mol. The zero-order valence-corrected chi connectivity index (χ0v) is 12.0. The van der Waals surface area contributed by atoms with E-state index < -0.39 is 8.32 Å². The molecule has 1 amide bonds. The van der Waals surface area contributed by atoms with Crippen molar-refractivity contribution in [3.63, 3.8) is 0 Å².